The van der Waals surface area contributed by atoms with Gasteiger partial charge in [0.1, 0.15) is 0 Å². The van der Waals surface area contributed by atoms with Crippen LogP contribution in [-0.2, 0) is 9.84 Å². The lowest BCUT2D eigenvalue weighted by Gasteiger charge is -2.34. The highest BCUT2D eigenvalue weighted by Gasteiger charge is 2.37. The Balaban J connectivity index is 1.14. The number of hydrogen-bond acceptors (Lipinski definition) is 6. The third-order valence-corrected chi connectivity index (χ3v) is 12.0. The van der Waals surface area contributed by atoms with E-state index in [-0.39, 0.29) is 0 Å². The predicted molar refractivity (Wildman–Crippen MR) is 202 cm³/mol. The van der Waals surface area contributed by atoms with Gasteiger partial charge in [-0.3, -0.25) is 0 Å². The van der Waals surface area contributed by atoms with Gasteiger partial charge in [-0.2, -0.15) is 0 Å². The third kappa shape index (κ3) is 3.95. The maximum Gasteiger partial charge on any atom is 0.207 e. The van der Waals surface area contributed by atoms with Crippen molar-refractivity contribution in [1.82, 2.24) is 0 Å². The highest BCUT2D eigenvalue weighted by Crippen LogP contribution is 2.57. The largest absolute Gasteiger partial charge is 0.453 e. The molecule has 8 aromatic rings. The topological polar surface area (TPSA) is 59.1 Å². The number of sulfone groups is 1. The van der Waals surface area contributed by atoms with Crippen molar-refractivity contribution >= 4 is 65.5 Å². The average Bonchev–Trinajstić information content (AvgIpc) is 3.40. The summed E-state index contributed by atoms with van der Waals surface area (Å²) in [6.07, 6.45) is 0. The van der Waals surface area contributed by atoms with Crippen molar-refractivity contribution in [3.8, 4) is 34.1 Å². The number of hydrogen-bond donors (Lipinski definition) is 0. The van der Waals surface area contributed by atoms with Crippen LogP contribution >= 0.6 is 0 Å². The molecule has 51 heavy (non-hydrogen) atoms. The maximum absolute atomic E-state index is 14.1. The van der Waals surface area contributed by atoms with Crippen LogP contribution in [0.25, 0.3) is 32.7 Å². The van der Waals surface area contributed by atoms with E-state index in [2.05, 4.69) is 46.2 Å². The average molecular weight is 679 g/mol. The van der Waals surface area contributed by atoms with Gasteiger partial charge >= 0.3 is 0 Å². The molecule has 6 nitrogen and oxygen atoms in total. The Morgan fingerprint density at radius 1 is 0.412 bits per heavy atom. The van der Waals surface area contributed by atoms with Gasteiger partial charge in [0.25, 0.3) is 0 Å². The lowest BCUT2D eigenvalue weighted by molar-refractivity contribution is 0.477. The van der Waals surface area contributed by atoms with E-state index < -0.39 is 9.84 Å². The maximum atomic E-state index is 14.1. The minimum absolute atomic E-state index is 0.298. The molecule has 0 saturated heterocycles. The van der Waals surface area contributed by atoms with Crippen LogP contribution in [0.3, 0.4) is 0 Å². The fraction of sp³-hybridized carbons (Fsp3) is 0. The molecule has 0 fully saturated rings. The van der Waals surface area contributed by atoms with Crippen molar-refractivity contribution in [3.05, 3.63) is 158 Å². The second kappa shape index (κ2) is 10.2. The van der Waals surface area contributed by atoms with Gasteiger partial charge < -0.3 is 19.3 Å². The highest BCUT2D eigenvalue weighted by molar-refractivity contribution is 7.92. The summed E-state index contributed by atoms with van der Waals surface area (Å²) in [4.78, 5) is 4.97. The van der Waals surface area contributed by atoms with Crippen molar-refractivity contribution in [1.29, 1.82) is 0 Å². The molecule has 0 unspecified atom stereocenters. The Morgan fingerprint density at radius 3 is 1.33 bits per heavy atom. The van der Waals surface area contributed by atoms with E-state index in [1.54, 1.807) is 12.1 Å². The molecule has 3 heterocycles. The molecule has 0 aromatic heterocycles. The van der Waals surface area contributed by atoms with Crippen molar-refractivity contribution in [2.75, 3.05) is 9.80 Å². The van der Waals surface area contributed by atoms with E-state index in [0.717, 1.165) is 78.7 Å². The van der Waals surface area contributed by atoms with Gasteiger partial charge in [0.05, 0.1) is 32.5 Å². The molecule has 0 spiro atoms. The number of rotatable bonds is 2. The number of nitrogens with zero attached hydrogens (tertiary/aromatic N) is 2. The summed E-state index contributed by atoms with van der Waals surface area (Å²) in [7, 11) is -3.76. The van der Waals surface area contributed by atoms with Crippen LogP contribution in [0.15, 0.2) is 168 Å². The van der Waals surface area contributed by atoms with E-state index >= 15 is 0 Å². The molecule has 3 aliphatic heterocycles. The summed E-state index contributed by atoms with van der Waals surface area (Å²) in [5, 5.41) is 4.25. The molecule has 0 N–H and O–H groups in total. The van der Waals surface area contributed by atoms with Crippen LogP contribution in [0, 0.1) is 0 Å². The molecule has 0 radical (unpaired) electrons. The normalized spacial score (nSPS) is 14.4. The standard InChI is InChI=1S/C44H26N2O4S/c47-51(48)41-23-19-29(45-35-13-5-7-15-37(35)49-39-21-17-27-9-1-3-11-31(27)43(39)45)25-33(41)34-26-30(20-24-42(34)51)46-36-14-6-8-16-38(36)50-40-22-18-28-10-2-4-12-32(28)44(40)46/h1-26H. The van der Waals surface area contributed by atoms with E-state index in [9.17, 15) is 8.42 Å². The lowest BCUT2D eigenvalue weighted by atomic mass is 10.00. The predicted octanol–water partition coefficient (Wildman–Crippen LogP) is 12.0. The Morgan fingerprint density at radius 2 is 0.843 bits per heavy atom. The third-order valence-electron chi connectivity index (χ3n) is 10.1. The SMILES string of the molecule is O=S1(=O)c2ccc(N3c4ccccc4Oc4ccc5ccccc5c43)cc2-c2cc(N3c4ccccc4Oc4ccc5ccccc5c43)ccc21. The molecule has 3 aliphatic rings. The van der Waals surface area contributed by atoms with E-state index in [0.29, 0.717) is 20.9 Å². The van der Waals surface area contributed by atoms with Gasteiger partial charge in [-0.25, -0.2) is 8.42 Å². The number of para-hydroxylation sites is 4. The summed E-state index contributed by atoms with van der Waals surface area (Å²) >= 11 is 0. The fourth-order valence-electron chi connectivity index (χ4n) is 7.89. The minimum Gasteiger partial charge on any atom is -0.453 e. The Bertz CT molecular complexity index is 2730. The van der Waals surface area contributed by atoms with Gasteiger partial charge in [-0.15, -0.1) is 0 Å². The Labute approximate surface area is 293 Å². The highest BCUT2D eigenvalue weighted by atomic mass is 32.2. The first-order valence-electron chi connectivity index (χ1n) is 16.8. The monoisotopic (exact) mass is 678 g/mol. The molecular formula is C44H26N2O4S. The number of ether oxygens (including phenoxy) is 2. The molecule has 11 rings (SSSR count). The molecular weight excluding hydrogens is 653 g/mol. The molecule has 8 aromatic carbocycles. The van der Waals surface area contributed by atoms with E-state index in [1.165, 1.54) is 0 Å². The van der Waals surface area contributed by atoms with Gasteiger partial charge in [0.2, 0.25) is 9.84 Å². The van der Waals surface area contributed by atoms with E-state index in [4.69, 9.17) is 9.47 Å². The zero-order valence-corrected chi connectivity index (χ0v) is 27.8. The summed E-state index contributed by atoms with van der Waals surface area (Å²) in [6.45, 7) is 0. The number of fused-ring (bicyclic) bond motifs is 11. The summed E-state index contributed by atoms with van der Waals surface area (Å²) in [5.41, 5.74) is 6.58. The summed E-state index contributed by atoms with van der Waals surface area (Å²) < 4.78 is 41.1. The smallest absolute Gasteiger partial charge is 0.207 e. The van der Waals surface area contributed by atoms with Crippen molar-refractivity contribution in [3.63, 3.8) is 0 Å². The van der Waals surface area contributed by atoms with Crippen LogP contribution in [0.2, 0.25) is 0 Å². The molecule has 0 bridgehead atoms. The number of anilines is 6. The van der Waals surface area contributed by atoms with Crippen molar-refractivity contribution in [2.24, 2.45) is 0 Å². The van der Waals surface area contributed by atoms with Crippen LogP contribution in [0.4, 0.5) is 34.1 Å². The van der Waals surface area contributed by atoms with Crippen LogP contribution < -0.4 is 19.3 Å². The first kappa shape index (κ1) is 28.3. The van der Waals surface area contributed by atoms with Gasteiger partial charge in [-0.05, 0) is 83.6 Å². The molecule has 0 amide bonds. The van der Waals surface area contributed by atoms with Gasteiger partial charge in [0, 0.05) is 33.3 Å². The van der Waals surface area contributed by atoms with Crippen LogP contribution in [0.1, 0.15) is 0 Å². The van der Waals surface area contributed by atoms with Crippen LogP contribution in [-0.4, -0.2) is 8.42 Å². The molecule has 7 heteroatoms. The second-order valence-electron chi connectivity index (χ2n) is 12.9. The zero-order chi connectivity index (χ0) is 33.8. The van der Waals surface area contributed by atoms with Gasteiger partial charge in [-0.1, -0.05) is 84.9 Å². The first-order valence-corrected chi connectivity index (χ1v) is 18.2. The van der Waals surface area contributed by atoms with Crippen LogP contribution in [0.5, 0.6) is 23.0 Å². The quantitative estimate of drug-likeness (QED) is 0.181. The Kier molecular flexibility index (Phi) is 5.67. The second-order valence-corrected chi connectivity index (χ2v) is 14.8. The molecule has 242 valence electrons. The zero-order valence-electron chi connectivity index (χ0n) is 26.9. The molecule has 0 saturated carbocycles. The first-order chi connectivity index (χ1) is 25.0. The summed E-state index contributed by atoms with van der Waals surface area (Å²) in [6, 6.07) is 51.8. The molecule has 0 aliphatic carbocycles. The minimum atomic E-state index is -3.76. The van der Waals surface area contributed by atoms with Gasteiger partial charge in [0.15, 0.2) is 23.0 Å². The van der Waals surface area contributed by atoms with Crippen molar-refractivity contribution in [2.45, 2.75) is 9.79 Å². The van der Waals surface area contributed by atoms with E-state index in [1.807, 2.05) is 109 Å². The number of benzene rings is 8. The fourth-order valence-corrected chi connectivity index (χ4v) is 9.54. The Hall–Kier alpha value is -6.57. The lowest BCUT2D eigenvalue weighted by Crippen LogP contribution is -2.16. The van der Waals surface area contributed by atoms with Crippen molar-refractivity contribution < 1.29 is 17.9 Å². The summed E-state index contributed by atoms with van der Waals surface area (Å²) in [5.74, 6) is 2.93. The molecule has 0 atom stereocenters.